The van der Waals surface area contributed by atoms with Crippen molar-refractivity contribution in [2.24, 2.45) is 5.84 Å². The molecule has 96 valence electrons. The van der Waals surface area contributed by atoms with Gasteiger partial charge in [-0.3, -0.25) is 11.3 Å². The van der Waals surface area contributed by atoms with Crippen molar-refractivity contribution in [3.05, 3.63) is 35.4 Å². The number of aryl methyl sites for hydroxylation is 1. The van der Waals surface area contributed by atoms with Gasteiger partial charge in [-0.05, 0) is 38.7 Å². The summed E-state index contributed by atoms with van der Waals surface area (Å²) in [4.78, 5) is 0. The van der Waals surface area contributed by atoms with Crippen LogP contribution in [0.15, 0.2) is 24.3 Å². The highest BCUT2D eigenvalue weighted by atomic mass is 16.5. The summed E-state index contributed by atoms with van der Waals surface area (Å²) in [5, 5.41) is 0. The van der Waals surface area contributed by atoms with Crippen LogP contribution in [0.25, 0.3) is 0 Å². The second kappa shape index (κ2) is 8.23. The van der Waals surface area contributed by atoms with Gasteiger partial charge in [0.25, 0.3) is 0 Å². The minimum atomic E-state index is 0.332. The van der Waals surface area contributed by atoms with E-state index in [4.69, 9.17) is 10.6 Å². The first-order valence-electron chi connectivity index (χ1n) is 6.35. The van der Waals surface area contributed by atoms with Crippen LogP contribution in [-0.2, 0) is 11.2 Å². The maximum atomic E-state index is 5.57. The molecule has 0 spiro atoms. The van der Waals surface area contributed by atoms with Crippen molar-refractivity contribution in [3.8, 4) is 0 Å². The summed E-state index contributed by atoms with van der Waals surface area (Å²) in [5.74, 6) is 5.57. The zero-order chi connectivity index (χ0) is 12.5. The quantitative estimate of drug-likeness (QED) is 0.413. The van der Waals surface area contributed by atoms with E-state index in [1.54, 1.807) is 0 Å². The zero-order valence-corrected chi connectivity index (χ0v) is 10.9. The molecule has 0 bridgehead atoms. The van der Waals surface area contributed by atoms with Crippen LogP contribution in [0.4, 0.5) is 0 Å². The Kier molecular flexibility index (Phi) is 6.86. The second-order valence-corrected chi connectivity index (χ2v) is 4.39. The van der Waals surface area contributed by atoms with E-state index in [-0.39, 0.29) is 0 Å². The molecule has 3 N–H and O–H groups in total. The molecular weight excluding hydrogens is 212 g/mol. The number of rotatable bonds is 8. The van der Waals surface area contributed by atoms with E-state index in [2.05, 4.69) is 36.6 Å². The molecule has 1 aromatic carbocycles. The zero-order valence-electron chi connectivity index (χ0n) is 10.9. The number of nitrogens with one attached hydrogen (secondary N) is 1. The summed E-state index contributed by atoms with van der Waals surface area (Å²) in [6.07, 6.45) is 3.07. The van der Waals surface area contributed by atoms with Gasteiger partial charge in [-0.2, -0.15) is 0 Å². The Labute approximate surface area is 104 Å². The smallest absolute Gasteiger partial charge is 0.0466 e. The van der Waals surface area contributed by atoms with Gasteiger partial charge in [-0.15, -0.1) is 0 Å². The van der Waals surface area contributed by atoms with Crippen molar-refractivity contribution in [3.63, 3.8) is 0 Å². The molecule has 17 heavy (non-hydrogen) atoms. The number of hydrazine groups is 1. The molecule has 0 aliphatic heterocycles. The summed E-state index contributed by atoms with van der Waals surface area (Å²) in [6, 6.07) is 8.95. The molecule has 0 saturated heterocycles. The largest absolute Gasteiger partial charge is 0.382 e. The molecule has 1 atom stereocenters. The van der Waals surface area contributed by atoms with Crippen LogP contribution < -0.4 is 11.3 Å². The third-order valence-electron chi connectivity index (χ3n) is 2.88. The SMILES string of the molecule is CCOCCCC(Cc1ccc(C)cc1)NN. The summed E-state index contributed by atoms with van der Waals surface area (Å²) >= 11 is 0. The van der Waals surface area contributed by atoms with Gasteiger partial charge in [0, 0.05) is 19.3 Å². The summed E-state index contributed by atoms with van der Waals surface area (Å²) in [6.45, 7) is 5.73. The number of nitrogens with two attached hydrogens (primary N) is 1. The highest BCUT2D eigenvalue weighted by Crippen LogP contribution is 2.09. The molecular formula is C14H24N2O. The predicted octanol–water partition coefficient (Wildman–Crippen LogP) is 2.19. The third-order valence-corrected chi connectivity index (χ3v) is 2.88. The average Bonchev–Trinajstić information content (AvgIpc) is 2.35. The Bertz CT molecular complexity index is 298. The van der Waals surface area contributed by atoms with Crippen LogP contribution in [0.5, 0.6) is 0 Å². The number of ether oxygens (including phenoxy) is 1. The Morgan fingerprint density at radius 2 is 2.00 bits per heavy atom. The molecule has 0 aromatic heterocycles. The molecule has 0 saturated carbocycles. The van der Waals surface area contributed by atoms with Crippen molar-refractivity contribution in [1.82, 2.24) is 5.43 Å². The first-order valence-corrected chi connectivity index (χ1v) is 6.35. The molecule has 0 amide bonds. The van der Waals surface area contributed by atoms with Gasteiger partial charge < -0.3 is 4.74 Å². The molecule has 0 radical (unpaired) electrons. The molecule has 3 heteroatoms. The third kappa shape index (κ3) is 5.82. The molecule has 0 aliphatic carbocycles. The van der Waals surface area contributed by atoms with E-state index >= 15 is 0 Å². The first-order chi connectivity index (χ1) is 8.26. The molecule has 1 rings (SSSR count). The molecule has 0 fully saturated rings. The summed E-state index contributed by atoms with van der Waals surface area (Å²) in [5.41, 5.74) is 5.51. The normalized spacial score (nSPS) is 12.6. The number of benzene rings is 1. The van der Waals surface area contributed by atoms with Crippen LogP contribution in [0.2, 0.25) is 0 Å². The topological polar surface area (TPSA) is 47.3 Å². The van der Waals surface area contributed by atoms with Crippen LogP contribution in [-0.4, -0.2) is 19.3 Å². The lowest BCUT2D eigenvalue weighted by Gasteiger charge is -2.15. The maximum Gasteiger partial charge on any atom is 0.0466 e. The Morgan fingerprint density at radius 1 is 1.29 bits per heavy atom. The lowest BCUT2D eigenvalue weighted by atomic mass is 10.0. The highest BCUT2D eigenvalue weighted by molar-refractivity contribution is 5.22. The van der Waals surface area contributed by atoms with E-state index in [0.717, 1.165) is 32.5 Å². The monoisotopic (exact) mass is 236 g/mol. The van der Waals surface area contributed by atoms with Crippen molar-refractivity contribution >= 4 is 0 Å². The Hall–Kier alpha value is -0.900. The van der Waals surface area contributed by atoms with Gasteiger partial charge in [-0.1, -0.05) is 29.8 Å². The molecule has 0 aliphatic rings. The maximum absolute atomic E-state index is 5.57. The van der Waals surface area contributed by atoms with Gasteiger partial charge in [0.2, 0.25) is 0 Å². The van der Waals surface area contributed by atoms with Crippen LogP contribution >= 0.6 is 0 Å². The lowest BCUT2D eigenvalue weighted by Crippen LogP contribution is -2.36. The number of hydrogen-bond donors (Lipinski definition) is 2. The fourth-order valence-corrected chi connectivity index (χ4v) is 1.83. The predicted molar refractivity (Wildman–Crippen MR) is 71.7 cm³/mol. The van der Waals surface area contributed by atoms with Gasteiger partial charge in [0.1, 0.15) is 0 Å². The minimum absolute atomic E-state index is 0.332. The van der Waals surface area contributed by atoms with Crippen molar-refractivity contribution in [2.45, 2.75) is 39.2 Å². The average molecular weight is 236 g/mol. The fourth-order valence-electron chi connectivity index (χ4n) is 1.83. The molecule has 1 aromatic rings. The fraction of sp³-hybridized carbons (Fsp3) is 0.571. The Balaban J connectivity index is 2.33. The van der Waals surface area contributed by atoms with Crippen molar-refractivity contribution < 1.29 is 4.74 Å². The van der Waals surface area contributed by atoms with Crippen molar-refractivity contribution in [2.75, 3.05) is 13.2 Å². The molecule has 1 unspecified atom stereocenters. The molecule has 3 nitrogen and oxygen atoms in total. The van der Waals surface area contributed by atoms with Crippen LogP contribution in [0.3, 0.4) is 0 Å². The van der Waals surface area contributed by atoms with E-state index in [1.807, 2.05) is 6.92 Å². The highest BCUT2D eigenvalue weighted by Gasteiger charge is 2.07. The lowest BCUT2D eigenvalue weighted by molar-refractivity contribution is 0.140. The minimum Gasteiger partial charge on any atom is -0.382 e. The van der Waals surface area contributed by atoms with Gasteiger partial charge in [0.15, 0.2) is 0 Å². The van der Waals surface area contributed by atoms with E-state index in [1.165, 1.54) is 11.1 Å². The number of hydrogen-bond acceptors (Lipinski definition) is 3. The first kappa shape index (κ1) is 14.2. The standard InChI is InChI=1S/C14H24N2O/c1-3-17-10-4-5-14(16-15)11-13-8-6-12(2)7-9-13/h6-9,14,16H,3-5,10-11,15H2,1-2H3. The summed E-state index contributed by atoms with van der Waals surface area (Å²) < 4.78 is 5.33. The van der Waals surface area contributed by atoms with E-state index < -0.39 is 0 Å². The van der Waals surface area contributed by atoms with Crippen LogP contribution in [0.1, 0.15) is 30.9 Å². The van der Waals surface area contributed by atoms with E-state index in [9.17, 15) is 0 Å². The summed E-state index contributed by atoms with van der Waals surface area (Å²) in [7, 11) is 0. The molecule has 0 heterocycles. The van der Waals surface area contributed by atoms with Crippen molar-refractivity contribution in [1.29, 1.82) is 0 Å². The van der Waals surface area contributed by atoms with E-state index in [0.29, 0.717) is 6.04 Å². The van der Waals surface area contributed by atoms with Gasteiger partial charge >= 0.3 is 0 Å². The second-order valence-electron chi connectivity index (χ2n) is 4.39. The van der Waals surface area contributed by atoms with Crippen LogP contribution in [0, 0.1) is 6.92 Å². The Morgan fingerprint density at radius 3 is 2.59 bits per heavy atom. The van der Waals surface area contributed by atoms with Gasteiger partial charge in [0.05, 0.1) is 0 Å². The van der Waals surface area contributed by atoms with Gasteiger partial charge in [-0.25, -0.2) is 0 Å².